The largest absolute Gasteiger partial charge is 0.444 e. The molecule has 31 heavy (non-hydrogen) atoms. The topological polar surface area (TPSA) is 119 Å². The van der Waals surface area contributed by atoms with Gasteiger partial charge >= 0.3 is 6.09 Å². The van der Waals surface area contributed by atoms with Gasteiger partial charge in [0.05, 0.1) is 6.20 Å². The molecule has 0 aromatic carbocycles. The third kappa shape index (κ3) is 5.63. The summed E-state index contributed by atoms with van der Waals surface area (Å²) >= 11 is 0. The molecule has 0 radical (unpaired) electrons. The maximum absolute atomic E-state index is 12.2. The monoisotopic (exact) mass is 452 g/mol. The maximum Gasteiger partial charge on any atom is 0.410 e. The Bertz CT molecular complexity index is 1050. The summed E-state index contributed by atoms with van der Waals surface area (Å²) < 4.78 is 31.2. The lowest BCUT2D eigenvalue weighted by atomic mass is 9.97. The number of piperidine rings is 1. The number of rotatable bonds is 5. The minimum absolute atomic E-state index is 0.143. The Labute approximate surface area is 183 Å². The van der Waals surface area contributed by atoms with E-state index in [0.29, 0.717) is 37.1 Å². The normalized spacial score (nSPS) is 16.2. The summed E-state index contributed by atoms with van der Waals surface area (Å²) in [4.78, 5) is 22.4. The van der Waals surface area contributed by atoms with E-state index in [4.69, 9.17) is 4.74 Å². The van der Waals surface area contributed by atoms with E-state index in [9.17, 15) is 13.2 Å². The molecular weight excluding hydrogens is 420 g/mol. The lowest BCUT2D eigenvalue weighted by Crippen LogP contribution is -2.42. The Morgan fingerprint density at radius 1 is 1.26 bits per heavy atom. The number of amides is 1. The first kappa shape index (κ1) is 23.2. The van der Waals surface area contributed by atoms with Crippen molar-refractivity contribution in [1.29, 1.82) is 0 Å². The fourth-order valence-corrected chi connectivity index (χ4v) is 3.95. The van der Waals surface area contributed by atoms with Gasteiger partial charge in [-0.15, -0.1) is 0 Å². The van der Waals surface area contributed by atoms with Gasteiger partial charge in [-0.2, -0.15) is 19.6 Å². The molecular formula is C20H32N6O4S. The molecule has 0 bridgehead atoms. The van der Waals surface area contributed by atoms with Crippen molar-refractivity contribution in [2.75, 3.05) is 31.2 Å². The van der Waals surface area contributed by atoms with E-state index in [0.717, 1.165) is 24.7 Å². The zero-order valence-corrected chi connectivity index (χ0v) is 19.9. The molecule has 0 atom stereocenters. The second-order valence-electron chi connectivity index (χ2n) is 9.38. The molecule has 0 spiro atoms. The van der Waals surface area contributed by atoms with Crippen molar-refractivity contribution >= 4 is 27.5 Å². The van der Waals surface area contributed by atoms with Crippen molar-refractivity contribution in [3.8, 4) is 0 Å². The van der Waals surface area contributed by atoms with E-state index in [1.807, 2.05) is 34.6 Å². The fourth-order valence-electron chi connectivity index (χ4n) is 3.44. The molecule has 11 heteroatoms. The summed E-state index contributed by atoms with van der Waals surface area (Å²) in [6.07, 6.45) is 4.14. The molecule has 1 aliphatic rings. The van der Waals surface area contributed by atoms with Gasteiger partial charge in [-0.05, 0) is 45.4 Å². The van der Waals surface area contributed by atoms with Crippen LogP contribution in [0.3, 0.4) is 0 Å². The summed E-state index contributed by atoms with van der Waals surface area (Å²) in [6.45, 7) is 11.4. The fraction of sp³-hybridized carbons (Fsp3) is 0.700. The molecule has 1 fully saturated rings. The lowest BCUT2D eigenvalue weighted by molar-refractivity contribution is 0.0188. The van der Waals surface area contributed by atoms with Crippen LogP contribution >= 0.6 is 0 Å². The maximum atomic E-state index is 12.2. The van der Waals surface area contributed by atoms with Crippen LogP contribution in [0.1, 0.15) is 58.9 Å². The van der Waals surface area contributed by atoms with Crippen LogP contribution in [0.5, 0.6) is 0 Å². The van der Waals surface area contributed by atoms with Gasteiger partial charge in [0.15, 0.2) is 5.65 Å². The number of anilines is 1. The number of hydrogen-bond acceptors (Lipinski definition) is 8. The van der Waals surface area contributed by atoms with Crippen LogP contribution in [0.25, 0.3) is 5.65 Å². The van der Waals surface area contributed by atoms with Crippen LogP contribution in [-0.2, 0) is 14.6 Å². The average Bonchev–Trinajstić information content (AvgIpc) is 3.09. The quantitative estimate of drug-likeness (QED) is 0.735. The van der Waals surface area contributed by atoms with Gasteiger partial charge in [0.25, 0.3) is 5.16 Å². The van der Waals surface area contributed by atoms with Crippen LogP contribution in [0.4, 0.5) is 10.7 Å². The van der Waals surface area contributed by atoms with E-state index < -0.39 is 15.4 Å². The molecule has 2 aromatic rings. The number of carbonyl (C=O) groups is 1. The summed E-state index contributed by atoms with van der Waals surface area (Å²) in [7, 11) is -3.57. The molecule has 3 heterocycles. The molecule has 1 aliphatic heterocycles. The van der Waals surface area contributed by atoms with Gasteiger partial charge < -0.3 is 15.0 Å². The molecule has 1 N–H and O–H groups in total. The van der Waals surface area contributed by atoms with E-state index in [-0.39, 0.29) is 17.2 Å². The number of carbonyl (C=O) groups excluding carboxylic acids is 1. The average molecular weight is 453 g/mol. The third-order valence-electron chi connectivity index (χ3n) is 5.14. The Morgan fingerprint density at radius 3 is 2.45 bits per heavy atom. The number of aromatic nitrogens is 4. The van der Waals surface area contributed by atoms with Crippen molar-refractivity contribution in [1.82, 2.24) is 24.5 Å². The summed E-state index contributed by atoms with van der Waals surface area (Å²) in [5.41, 5.74) is 0.845. The predicted molar refractivity (Wildman–Crippen MR) is 117 cm³/mol. The predicted octanol–water partition coefficient (Wildman–Crippen LogP) is 2.71. The van der Waals surface area contributed by atoms with Crippen LogP contribution in [0.2, 0.25) is 0 Å². The van der Waals surface area contributed by atoms with Crippen molar-refractivity contribution in [3.63, 3.8) is 0 Å². The summed E-state index contributed by atoms with van der Waals surface area (Å²) in [6, 6.07) is 0. The van der Waals surface area contributed by atoms with Crippen molar-refractivity contribution in [2.45, 2.75) is 64.1 Å². The van der Waals surface area contributed by atoms with Gasteiger partial charge in [-0.25, -0.2) is 13.2 Å². The van der Waals surface area contributed by atoms with Gasteiger partial charge in [-0.3, -0.25) is 0 Å². The van der Waals surface area contributed by atoms with E-state index in [1.165, 1.54) is 0 Å². The van der Waals surface area contributed by atoms with Crippen LogP contribution in [0.15, 0.2) is 11.4 Å². The first-order valence-electron chi connectivity index (χ1n) is 10.5. The molecule has 1 amide bonds. The molecule has 172 valence electrons. The zero-order chi connectivity index (χ0) is 23.0. The minimum Gasteiger partial charge on any atom is -0.444 e. The third-order valence-corrected chi connectivity index (χ3v) is 5.99. The number of hydrogen-bond donors (Lipinski definition) is 1. The molecule has 1 saturated heterocycles. The first-order chi connectivity index (χ1) is 14.3. The highest BCUT2D eigenvalue weighted by Gasteiger charge is 2.27. The lowest BCUT2D eigenvalue weighted by Gasteiger charge is -2.33. The van der Waals surface area contributed by atoms with E-state index in [2.05, 4.69) is 20.4 Å². The number of nitrogens with zero attached hydrogens (tertiary/aromatic N) is 5. The Morgan fingerprint density at radius 2 is 1.90 bits per heavy atom. The highest BCUT2D eigenvalue weighted by Crippen LogP contribution is 2.24. The summed E-state index contributed by atoms with van der Waals surface area (Å²) in [5, 5.41) is 7.40. The second kappa shape index (κ2) is 8.60. The number of sulfone groups is 1. The van der Waals surface area contributed by atoms with Crippen LogP contribution in [-0.4, -0.2) is 70.5 Å². The van der Waals surface area contributed by atoms with Gasteiger partial charge in [0.2, 0.25) is 15.8 Å². The molecule has 0 aliphatic carbocycles. The number of nitrogens with one attached hydrogen (secondary N) is 1. The van der Waals surface area contributed by atoms with E-state index >= 15 is 0 Å². The van der Waals surface area contributed by atoms with Crippen molar-refractivity contribution in [2.24, 2.45) is 5.92 Å². The standard InChI is InChI=1S/C20H32N6O4S/c1-13(2)15-12-22-26-16(15)23-18(31(6,28)29)24-17(26)21-11-14-7-9-25(10-8-14)19(27)30-20(3,4)5/h12-14H,7-11H2,1-6H3,(H,21,23,24). The van der Waals surface area contributed by atoms with Gasteiger partial charge in [-0.1, -0.05) is 13.8 Å². The first-order valence-corrected chi connectivity index (χ1v) is 12.4. The number of fused-ring (bicyclic) bond motifs is 1. The zero-order valence-electron chi connectivity index (χ0n) is 19.0. The Balaban J connectivity index is 1.71. The van der Waals surface area contributed by atoms with Crippen molar-refractivity contribution in [3.05, 3.63) is 11.8 Å². The molecule has 10 nitrogen and oxygen atoms in total. The van der Waals surface area contributed by atoms with Crippen molar-refractivity contribution < 1.29 is 17.9 Å². The van der Waals surface area contributed by atoms with E-state index in [1.54, 1.807) is 15.6 Å². The Kier molecular flexibility index (Phi) is 6.45. The summed E-state index contributed by atoms with van der Waals surface area (Å²) in [5.74, 6) is 0.808. The van der Waals surface area contributed by atoms with Gasteiger partial charge in [0, 0.05) is 31.5 Å². The minimum atomic E-state index is -3.57. The molecule has 0 unspecified atom stereocenters. The number of likely N-dealkylation sites (tertiary alicyclic amines) is 1. The highest BCUT2D eigenvalue weighted by molar-refractivity contribution is 7.90. The van der Waals surface area contributed by atoms with Gasteiger partial charge in [0.1, 0.15) is 5.60 Å². The van der Waals surface area contributed by atoms with Crippen LogP contribution < -0.4 is 5.32 Å². The molecule has 2 aromatic heterocycles. The smallest absolute Gasteiger partial charge is 0.410 e. The SMILES string of the molecule is CC(C)c1cnn2c(NCC3CCN(C(=O)OC(C)(C)C)CC3)nc(S(C)(=O)=O)nc12. The number of ether oxygens (including phenoxy) is 1. The second-order valence-corrected chi connectivity index (χ2v) is 11.3. The Hall–Kier alpha value is -2.43. The van der Waals surface area contributed by atoms with Crippen LogP contribution in [0, 0.1) is 5.92 Å². The molecule has 0 saturated carbocycles. The highest BCUT2D eigenvalue weighted by atomic mass is 32.2. The molecule has 3 rings (SSSR count).